The van der Waals surface area contributed by atoms with Crippen LogP contribution in [0.2, 0.25) is 0 Å². The van der Waals surface area contributed by atoms with Crippen LogP contribution in [0.3, 0.4) is 0 Å². The average Bonchev–Trinajstić information content (AvgIpc) is 3.70. The van der Waals surface area contributed by atoms with Crippen LogP contribution in [0.15, 0.2) is 18.3 Å². The molecular formula is C47H70F2N12O16. The summed E-state index contributed by atoms with van der Waals surface area (Å²) in [5.74, 6) is -11.6. The van der Waals surface area contributed by atoms with Crippen molar-refractivity contribution in [3.05, 3.63) is 29.6 Å². The van der Waals surface area contributed by atoms with Crippen molar-refractivity contribution in [1.29, 1.82) is 5.26 Å². The largest absolute Gasteiger partial charge is 0.480 e. The van der Waals surface area contributed by atoms with E-state index in [0.717, 1.165) is 0 Å². The summed E-state index contributed by atoms with van der Waals surface area (Å²) in [5.41, 5.74) is 0.220. The number of carboxylic acids is 3. The quantitative estimate of drug-likeness (QED) is 0.0411. The Morgan fingerprint density at radius 3 is 1.91 bits per heavy atom. The van der Waals surface area contributed by atoms with Crippen molar-refractivity contribution in [2.24, 2.45) is 5.92 Å². The highest BCUT2D eigenvalue weighted by atomic mass is 19.3. The Bertz CT molecular complexity index is 2230. The third kappa shape index (κ3) is 21.8. The zero-order chi connectivity index (χ0) is 56.8. The van der Waals surface area contributed by atoms with E-state index in [9.17, 15) is 82.6 Å². The zero-order valence-corrected chi connectivity index (χ0v) is 42.7. The summed E-state index contributed by atoms with van der Waals surface area (Å²) in [6.45, 7) is -0.425. The number of aromatic nitrogens is 1. The maximum absolute atomic E-state index is 13.8. The molecule has 1 aromatic heterocycles. The summed E-state index contributed by atoms with van der Waals surface area (Å²) in [6.07, 6.45) is -3.87. The van der Waals surface area contributed by atoms with Gasteiger partial charge in [-0.15, -0.1) is 0 Å². The summed E-state index contributed by atoms with van der Waals surface area (Å²) in [6, 6.07) is 0.456. The number of aliphatic hydroxyl groups excluding tert-OH is 3. The van der Waals surface area contributed by atoms with Gasteiger partial charge in [-0.2, -0.15) is 5.26 Å². The standard InChI is InChI=1S/C47H70F2N12O16/c1-29-43(73)42(34(27-62)77-46(29)76)56-45(75)33(55-36(64)6-5-35(63)53-21-31-18-30(7-9-51-31)44(74)54-22-38(66)61-28-47(48,49)19-32(61)20-50)4-2-3-8-52-37(65)23-57-10-12-58(24-39(67)68)14-16-60(26-41(71)72)17-15-59(13-11-57)25-40(69)70/h7,9,18,29,32-34,42-43,46,62,73,76H,2-6,8,10-17,19,21-28H2,1H3,(H,52,65)(H,53,63)(H,54,74)(H,55,64)(H,56,75)(H,67,68)(H,69,70)(H,71,72)/t29-,32-,33?,34-,42-,43-,46?/m0/s1. The Kier molecular flexibility index (Phi) is 25.3. The van der Waals surface area contributed by atoms with Crippen molar-refractivity contribution in [3.8, 4) is 6.07 Å². The van der Waals surface area contributed by atoms with Crippen molar-refractivity contribution in [2.75, 3.05) is 105 Å². The number of carboxylic acid groups (broad SMARTS) is 3. The highest BCUT2D eigenvalue weighted by Gasteiger charge is 2.47. The number of ether oxygens (including phenoxy) is 1. The SMILES string of the molecule is C[C@@H]1C(O)O[C@@H](CO)[C@H](NC(=O)C(CCCCNC(=O)CN2CCN(CC(=O)O)CCN(CC(=O)O)CCN(CC(=O)O)CC2)NC(=O)CCC(=O)NCc2cc(C(=O)NCC(=O)N3CC(F)(F)C[C@H]3C#N)ccn2)[C@H]1O. The Hall–Kier alpha value is -6.59. The molecule has 0 spiro atoms. The number of halogens is 2. The summed E-state index contributed by atoms with van der Waals surface area (Å²) < 4.78 is 33.0. The minimum absolute atomic E-state index is 0.0154. The second-order valence-corrected chi connectivity index (χ2v) is 19.1. The molecule has 28 nitrogen and oxygen atoms in total. The summed E-state index contributed by atoms with van der Waals surface area (Å²) in [7, 11) is 0. The number of nitrogens with zero attached hydrogens (tertiary/aromatic N) is 7. The Morgan fingerprint density at radius 1 is 0.805 bits per heavy atom. The van der Waals surface area contributed by atoms with E-state index in [4.69, 9.17) is 10.00 Å². The van der Waals surface area contributed by atoms with E-state index < -0.39 is 134 Å². The fourth-order valence-electron chi connectivity index (χ4n) is 8.76. The third-order valence-electron chi connectivity index (χ3n) is 13.1. The lowest BCUT2D eigenvalue weighted by atomic mass is 9.90. The van der Waals surface area contributed by atoms with E-state index in [1.165, 1.54) is 25.3 Å². The number of carbonyl (C=O) groups excluding carboxylic acids is 6. The van der Waals surface area contributed by atoms with E-state index in [0.29, 0.717) is 4.90 Å². The van der Waals surface area contributed by atoms with Crippen LogP contribution in [0.4, 0.5) is 8.78 Å². The van der Waals surface area contributed by atoms with Crippen molar-refractivity contribution in [3.63, 3.8) is 0 Å². The van der Waals surface area contributed by atoms with E-state index in [1.54, 1.807) is 25.7 Å². The van der Waals surface area contributed by atoms with Crippen LogP contribution < -0.4 is 26.6 Å². The Labute approximate surface area is 442 Å². The molecule has 3 aliphatic heterocycles. The number of carbonyl (C=O) groups is 9. The number of pyridine rings is 1. The minimum atomic E-state index is -3.23. The van der Waals surface area contributed by atoms with Gasteiger partial charge in [0.1, 0.15) is 18.2 Å². The molecule has 2 unspecified atom stereocenters. The Balaban J connectivity index is 1.31. The van der Waals surface area contributed by atoms with Crippen LogP contribution in [-0.4, -0.2) is 261 Å². The smallest absolute Gasteiger partial charge is 0.317 e. The highest BCUT2D eigenvalue weighted by molar-refractivity contribution is 5.96. The number of rotatable bonds is 25. The summed E-state index contributed by atoms with van der Waals surface area (Å²) in [4.78, 5) is 125. The third-order valence-corrected chi connectivity index (χ3v) is 13.1. The van der Waals surface area contributed by atoms with Crippen LogP contribution >= 0.6 is 0 Å². The number of alkyl halides is 2. The summed E-state index contributed by atoms with van der Waals surface area (Å²) >= 11 is 0. The van der Waals surface area contributed by atoms with E-state index >= 15 is 0 Å². The van der Waals surface area contributed by atoms with Crippen LogP contribution in [0, 0.1) is 17.2 Å². The molecule has 0 aromatic carbocycles. The average molecular weight is 1100 g/mol. The van der Waals surface area contributed by atoms with Gasteiger partial charge < -0.3 is 66.9 Å². The first kappa shape index (κ1) is 62.9. The van der Waals surface area contributed by atoms with Crippen LogP contribution in [-0.2, 0) is 49.6 Å². The number of likely N-dealkylation sites (tertiary alicyclic amines) is 1. The van der Waals surface area contributed by atoms with Gasteiger partial charge in [0.15, 0.2) is 6.29 Å². The van der Waals surface area contributed by atoms with Gasteiger partial charge in [-0.05, 0) is 31.4 Å². The normalized spacial score (nSPS) is 23.2. The molecule has 4 rings (SSSR count). The number of aliphatic carboxylic acids is 3. The Morgan fingerprint density at radius 2 is 1.36 bits per heavy atom. The molecule has 11 N–H and O–H groups in total. The molecule has 0 radical (unpaired) electrons. The first-order chi connectivity index (χ1) is 36.5. The fraction of sp³-hybridized carbons (Fsp3) is 0.681. The maximum atomic E-state index is 13.8. The van der Waals surface area contributed by atoms with Gasteiger partial charge in [-0.25, -0.2) is 8.78 Å². The molecule has 0 saturated carbocycles. The lowest BCUT2D eigenvalue weighted by Crippen LogP contribution is -2.63. The monoisotopic (exact) mass is 1100 g/mol. The first-order valence-electron chi connectivity index (χ1n) is 25.1. The molecule has 4 heterocycles. The van der Waals surface area contributed by atoms with E-state index in [2.05, 4.69) is 31.6 Å². The fourth-order valence-corrected chi connectivity index (χ4v) is 8.76. The van der Waals surface area contributed by atoms with Crippen LogP contribution in [0.1, 0.15) is 61.5 Å². The second-order valence-electron chi connectivity index (χ2n) is 19.1. The molecular weight excluding hydrogens is 1030 g/mol. The van der Waals surface area contributed by atoms with Crippen LogP contribution in [0.5, 0.6) is 0 Å². The van der Waals surface area contributed by atoms with E-state index in [-0.39, 0.29) is 129 Å². The molecule has 3 saturated heterocycles. The van der Waals surface area contributed by atoms with Gasteiger partial charge in [-0.1, -0.05) is 6.92 Å². The number of amides is 6. The molecule has 1 aromatic rings. The minimum Gasteiger partial charge on any atom is -0.480 e. The predicted octanol–water partition coefficient (Wildman–Crippen LogP) is -4.59. The molecule has 77 heavy (non-hydrogen) atoms. The van der Waals surface area contributed by atoms with Gasteiger partial charge in [-0.3, -0.25) is 67.7 Å². The molecule has 3 fully saturated rings. The number of hydrogen-bond donors (Lipinski definition) is 11. The summed E-state index contributed by atoms with van der Waals surface area (Å²) in [5, 5.41) is 81.5. The molecule has 7 atom stereocenters. The van der Waals surface area contributed by atoms with Gasteiger partial charge in [0.2, 0.25) is 29.5 Å². The van der Waals surface area contributed by atoms with Crippen molar-refractivity contribution < 1.29 is 87.3 Å². The molecule has 428 valence electrons. The number of unbranched alkanes of at least 4 members (excludes halogenated alkanes) is 1. The van der Waals surface area contributed by atoms with Crippen LogP contribution in [0.25, 0.3) is 0 Å². The predicted molar refractivity (Wildman–Crippen MR) is 261 cm³/mol. The molecule has 3 aliphatic rings. The second kappa shape index (κ2) is 31.0. The highest BCUT2D eigenvalue weighted by Crippen LogP contribution is 2.31. The lowest BCUT2D eigenvalue weighted by molar-refractivity contribution is -0.238. The van der Waals surface area contributed by atoms with Gasteiger partial charge in [0, 0.05) is 95.8 Å². The number of nitriles is 1. The number of hydrogen-bond acceptors (Lipinski definition) is 19. The number of nitrogens with one attached hydrogen (secondary N) is 5. The van der Waals surface area contributed by atoms with Crippen molar-refractivity contribution in [1.82, 2.24) is 56.1 Å². The topological polar surface area (TPSA) is 397 Å². The van der Waals surface area contributed by atoms with Crippen molar-refractivity contribution in [2.45, 2.75) is 94.5 Å². The van der Waals surface area contributed by atoms with Gasteiger partial charge in [0.05, 0.1) is 76.3 Å². The maximum Gasteiger partial charge on any atom is 0.317 e. The van der Waals surface area contributed by atoms with Gasteiger partial charge >= 0.3 is 17.9 Å². The van der Waals surface area contributed by atoms with Crippen molar-refractivity contribution >= 4 is 53.4 Å². The molecule has 6 amide bonds. The first-order valence-corrected chi connectivity index (χ1v) is 25.1. The molecule has 30 heteroatoms. The number of aliphatic hydroxyl groups is 3. The molecule has 0 bridgehead atoms. The zero-order valence-electron chi connectivity index (χ0n) is 42.7. The van der Waals surface area contributed by atoms with E-state index in [1.807, 2.05) is 0 Å². The van der Waals surface area contributed by atoms with Gasteiger partial charge in [0.25, 0.3) is 11.8 Å². The lowest BCUT2D eigenvalue weighted by Gasteiger charge is -2.42. The molecule has 0 aliphatic carbocycles.